The molecule has 20 heavy (non-hydrogen) atoms. The van der Waals surface area contributed by atoms with Crippen molar-refractivity contribution < 1.29 is 4.42 Å². The second-order valence-electron chi connectivity index (χ2n) is 5.07. The summed E-state index contributed by atoms with van der Waals surface area (Å²) in [5.74, 6) is 3.70. The molecule has 0 amide bonds. The Bertz CT molecular complexity index is 728. The van der Waals surface area contributed by atoms with Crippen LogP contribution in [0.4, 0.5) is 5.82 Å². The highest BCUT2D eigenvalue weighted by atomic mass is 16.3. The number of aryl methyl sites for hydroxylation is 1. The molecule has 0 radical (unpaired) electrons. The zero-order chi connectivity index (χ0) is 14.1. The molecule has 1 N–H and O–H groups in total. The first-order valence-electron chi connectivity index (χ1n) is 6.65. The summed E-state index contributed by atoms with van der Waals surface area (Å²) >= 11 is 0. The normalized spacial score (nSPS) is 11.4. The Balaban J connectivity index is 1.83. The Morgan fingerprint density at radius 3 is 2.75 bits per heavy atom. The van der Waals surface area contributed by atoms with Crippen molar-refractivity contribution in [2.75, 3.05) is 5.32 Å². The molecule has 6 heteroatoms. The van der Waals surface area contributed by atoms with Gasteiger partial charge < -0.3 is 9.73 Å². The van der Waals surface area contributed by atoms with E-state index in [2.05, 4.69) is 34.5 Å². The van der Waals surface area contributed by atoms with E-state index in [9.17, 15) is 0 Å². The number of anilines is 1. The van der Waals surface area contributed by atoms with Gasteiger partial charge in [-0.25, -0.2) is 0 Å². The third kappa shape index (κ3) is 2.36. The molecule has 0 aromatic carbocycles. The number of fused-ring (bicyclic) bond motifs is 1. The fourth-order valence-electron chi connectivity index (χ4n) is 2.02. The topological polar surface area (TPSA) is 68.2 Å². The highest BCUT2D eigenvalue weighted by Gasteiger charge is 2.10. The van der Waals surface area contributed by atoms with E-state index in [4.69, 9.17) is 4.42 Å². The largest absolute Gasteiger partial charge is 0.465 e. The van der Waals surface area contributed by atoms with Gasteiger partial charge in [0.15, 0.2) is 11.5 Å². The predicted octanol–water partition coefficient (Wildman–Crippen LogP) is 2.76. The van der Waals surface area contributed by atoms with E-state index < -0.39 is 0 Å². The predicted molar refractivity (Wildman–Crippen MR) is 75.6 cm³/mol. The molecule has 3 heterocycles. The van der Waals surface area contributed by atoms with Crippen LogP contribution in [0.2, 0.25) is 0 Å². The van der Waals surface area contributed by atoms with E-state index in [1.807, 2.05) is 31.2 Å². The van der Waals surface area contributed by atoms with Gasteiger partial charge in [-0.2, -0.15) is 4.52 Å². The molecule has 0 spiro atoms. The summed E-state index contributed by atoms with van der Waals surface area (Å²) in [4.78, 5) is 0. The van der Waals surface area contributed by atoms with Crippen molar-refractivity contribution in [1.29, 1.82) is 0 Å². The summed E-state index contributed by atoms with van der Waals surface area (Å²) in [6.45, 7) is 6.68. The lowest BCUT2D eigenvalue weighted by molar-refractivity contribution is 0.490. The lowest BCUT2D eigenvalue weighted by Crippen LogP contribution is -2.06. The maximum absolute atomic E-state index is 5.52. The molecule has 0 atom stereocenters. The minimum atomic E-state index is 0.278. The monoisotopic (exact) mass is 271 g/mol. The molecule has 3 aromatic heterocycles. The number of nitrogens with zero attached hydrogens (tertiary/aromatic N) is 4. The number of aromatic nitrogens is 4. The molecular formula is C14H17N5O. The van der Waals surface area contributed by atoms with Crippen LogP contribution in [0.25, 0.3) is 5.65 Å². The molecule has 3 rings (SSSR count). The fourth-order valence-corrected chi connectivity index (χ4v) is 2.02. The van der Waals surface area contributed by atoms with Crippen molar-refractivity contribution in [2.24, 2.45) is 0 Å². The Hall–Kier alpha value is -2.37. The summed E-state index contributed by atoms with van der Waals surface area (Å²) < 4.78 is 7.30. The van der Waals surface area contributed by atoms with Gasteiger partial charge in [0.2, 0.25) is 0 Å². The minimum Gasteiger partial charge on any atom is -0.465 e. The molecule has 0 fully saturated rings. The van der Waals surface area contributed by atoms with Gasteiger partial charge in [-0.3, -0.25) is 0 Å². The van der Waals surface area contributed by atoms with E-state index in [-0.39, 0.29) is 5.92 Å². The van der Waals surface area contributed by atoms with Crippen LogP contribution in [-0.2, 0) is 6.54 Å². The zero-order valence-electron chi connectivity index (χ0n) is 11.8. The van der Waals surface area contributed by atoms with E-state index in [0.29, 0.717) is 6.54 Å². The molecule has 0 saturated heterocycles. The van der Waals surface area contributed by atoms with Gasteiger partial charge in [0.25, 0.3) is 0 Å². The van der Waals surface area contributed by atoms with Gasteiger partial charge in [-0.1, -0.05) is 13.8 Å². The summed E-state index contributed by atoms with van der Waals surface area (Å²) in [6.07, 6.45) is 0. The molecule has 0 aliphatic carbocycles. The first-order chi connectivity index (χ1) is 9.63. The van der Waals surface area contributed by atoms with Crippen molar-refractivity contribution >= 4 is 11.5 Å². The number of hydrogen-bond donors (Lipinski definition) is 1. The number of hydrogen-bond acceptors (Lipinski definition) is 5. The number of nitrogens with one attached hydrogen (secondary N) is 1. The molecule has 0 saturated carbocycles. The summed E-state index contributed by atoms with van der Waals surface area (Å²) in [7, 11) is 0. The van der Waals surface area contributed by atoms with Gasteiger partial charge in [-0.15, -0.1) is 15.3 Å². The summed E-state index contributed by atoms with van der Waals surface area (Å²) in [5, 5.41) is 16.0. The van der Waals surface area contributed by atoms with E-state index in [0.717, 1.165) is 28.8 Å². The maximum Gasteiger partial charge on any atom is 0.178 e. The van der Waals surface area contributed by atoms with Crippen LogP contribution < -0.4 is 5.32 Å². The maximum atomic E-state index is 5.52. The van der Waals surface area contributed by atoms with Crippen molar-refractivity contribution in [3.63, 3.8) is 0 Å². The number of rotatable bonds is 4. The molecule has 0 unspecified atom stereocenters. The van der Waals surface area contributed by atoms with Gasteiger partial charge >= 0.3 is 0 Å². The van der Waals surface area contributed by atoms with Crippen LogP contribution in [-0.4, -0.2) is 19.8 Å². The van der Waals surface area contributed by atoms with E-state index in [1.165, 1.54) is 0 Å². The lowest BCUT2D eigenvalue weighted by atomic mass is 10.2. The highest BCUT2D eigenvalue weighted by Crippen LogP contribution is 2.15. The summed E-state index contributed by atoms with van der Waals surface area (Å²) in [5.41, 5.74) is 0.757. The van der Waals surface area contributed by atoms with Crippen molar-refractivity contribution in [1.82, 2.24) is 19.8 Å². The highest BCUT2D eigenvalue weighted by molar-refractivity contribution is 5.44. The molecular weight excluding hydrogens is 254 g/mol. The van der Waals surface area contributed by atoms with Crippen LogP contribution >= 0.6 is 0 Å². The number of furan rings is 1. The average molecular weight is 271 g/mol. The van der Waals surface area contributed by atoms with E-state index in [1.54, 1.807) is 4.52 Å². The quantitative estimate of drug-likeness (QED) is 0.790. The molecule has 6 nitrogen and oxygen atoms in total. The second kappa shape index (κ2) is 4.96. The Kier molecular flexibility index (Phi) is 3.14. The van der Waals surface area contributed by atoms with Gasteiger partial charge in [0.1, 0.15) is 17.3 Å². The average Bonchev–Trinajstić information content (AvgIpc) is 3.01. The molecule has 104 valence electrons. The SMILES string of the molecule is Cc1ccc(CNc2ccc3nnc(C(C)C)n3n2)o1. The molecule has 0 aliphatic heterocycles. The van der Waals surface area contributed by atoms with Gasteiger partial charge in [0.05, 0.1) is 6.54 Å². The van der Waals surface area contributed by atoms with Crippen LogP contribution in [0, 0.1) is 6.92 Å². The van der Waals surface area contributed by atoms with Crippen LogP contribution in [0.1, 0.15) is 37.1 Å². The Labute approximate surface area is 116 Å². The first-order valence-corrected chi connectivity index (χ1v) is 6.65. The molecule has 3 aromatic rings. The zero-order valence-corrected chi connectivity index (χ0v) is 11.8. The summed E-state index contributed by atoms with van der Waals surface area (Å²) in [6, 6.07) is 7.70. The van der Waals surface area contributed by atoms with Crippen LogP contribution in [0.5, 0.6) is 0 Å². The van der Waals surface area contributed by atoms with Gasteiger partial charge in [-0.05, 0) is 31.2 Å². The first kappa shape index (κ1) is 12.7. The third-order valence-electron chi connectivity index (χ3n) is 3.04. The Morgan fingerprint density at radius 1 is 1.20 bits per heavy atom. The van der Waals surface area contributed by atoms with Crippen molar-refractivity contribution in [3.05, 3.63) is 41.6 Å². The van der Waals surface area contributed by atoms with E-state index >= 15 is 0 Å². The van der Waals surface area contributed by atoms with Crippen molar-refractivity contribution in [3.8, 4) is 0 Å². The second-order valence-corrected chi connectivity index (χ2v) is 5.07. The lowest BCUT2D eigenvalue weighted by Gasteiger charge is -2.06. The van der Waals surface area contributed by atoms with Crippen LogP contribution in [0.15, 0.2) is 28.7 Å². The third-order valence-corrected chi connectivity index (χ3v) is 3.04. The Morgan fingerprint density at radius 2 is 2.05 bits per heavy atom. The standard InChI is InChI=1S/C14H17N5O/c1-9(2)14-17-16-13-7-6-12(18-19(13)14)15-8-11-5-4-10(3)20-11/h4-7,9H,8H2,1-3H3,(H,15,18). The van der Waals surface area contributed by atoms with Gasteiger partial charge in [0, 0.05) is 5.92 Å². The van der Waals surface area contributed by atoms with Crippen LogP contribution in [0.3, 0.4) is 0 Å². The van der Waals surface area contributed by atoms with Crippen molar-refractivity contribution in [2.45, 2.75) is 33.2 Å². The fraction of sp³-hybridized carbons (Fsp3) is 0.357. The minimum absolute atomic E-state index is 0.278. The smallest absolute Gasteiger partial charge is 0.178 e. The molecule has 0 aliphatic rings. The molecule has 0 bridgehead atoms.